The number of benzene rings is 2. The van der Waals surface area contributed by atoms with Crippen molar-refractivity contribution in [1.29, 1.82) is 0 Å². The lowest BCUT2D eigenvalue weighted by Crippen LogP contribution is -2.52. The molecule has 8 heteroatoms. The Morgan fingerprint density at radius 1 is 1.14 bits per heavy atom. The van der Waals surface area contributed by atoms with Gasteiger partial charge in [0.15, 0.2) is 5.60 Å². The number of amides is 1. The molecule has 1 amide bonds. The summed E-state index contributed by atoms with van der Waals surface area (Å²) in [5.41, 5.74) is 1.66. The molecule has 3 rings (SSSR count). The van der Waals surface area contributed by atoms with Crippen LogP contribution >= 0.6 is 15.9 Å². The standard InChI is InChI=1S/C20H22BrNO5S/c1-11-12(2)18-16(13(3)17(11)23)9-10-20(4,27-18)19(24)22-28(25,26)15-7-5-14(21)6-8-15/h5-8,23H,9-10H2,1-4H3,(H,22,24). The fraction of sp³-hybridized carbons (Fsp3) is 0.350. The van der Waals surface area contributed by atoms with E-state index in [9.17, 15) is 18.3 Å². The Morgan fingerprint density at radius 3 is 2.36 bits per heavy atom. The van der Waals surface area contributed by atoms with Gasteiger partial charge in [-0.2, -0.15) is 0 Å². The van der Waals surface area contributed by atoms with E-state index in [0.717, 1.165) is 21.2 Å². The Hall–Kier alpha value is -2.06. The van der Waals surface area contributed by atoms with Crippen molar-refractivity contribution in [1.82, 2.24) is 4.72 Å². The highest BCUT2D eigenvalue weighted by atomic mass is 79.9. The van der Waals surface area contributed by atoms with Crippen molar-refractivity contribution in [2.24, 2.45) is 0 Å². The van der Waals surface area contributed by atoms with Gasteiger partial charge in [0.25, 0.3) is 15.9 Å². The van der Waals surface area contributed by atoms with E-state index >= 15 is 0 Å². The highest BCUT2D eigenvalue weighted by Gasteiger charge is 2.42. The van der Waals surface area contributed by atoms with Crippen molar-refractivity contribution in [2.45, 2.75) is 51.0 Å². The Kier molecular flexibility index (Phi) is 5.22. The maximum absolute atomic E-state index is 12.9. The minimum Gasteiger partial charge on any atom is -0.507 e. The van der Waals surface area contributed by atoms with Crippen LogP contribution in [0.25, 0.3) is 0 Å². The molecule has 150 valence electrons. The number of sulfonamides is 1. The molecule has 0 spiro atoms. The first-order valence-corrected chi connectivity index (χ1v) is 11.1. The number of hydrogen-bond acceptors (Lipinski definition) is 5. The Balaban J connectivity index is 1.91. The van der Waals surface area contributed by atoms with Crippen LogP contribution in [-0.4, -0.2) is 25.0 Å². The number of hydrogen-bond donors (Lipinski definition) is 2. The SMILES string of the molecule is Cc1c(C)c2c(c(C)c1O)CCC(C)(C(=O)NS(=O)(=O)c1ccc(Br)cc1)O2. The molecule has 28 heavy (non-hydrogen) atoms. The first-order valence-electron chi connectivity index (χ1n) is 8.80. The number of phenols is 1. The van der Waals surface area contributed by atoms with Crippen molar-refractivity contribution in [2.75, 3.05) is 0 Å². The molecular formula is C20H22BrNO5S. The molecule has 1 atom stereocenters. The minimum absolute atomic E-state index is 0.00310. The van der Waals surface area contributed by atoms with E-state index in [2.05, 4.69) is 20.7 Å². The number of phenolic OH excluding ortho intramolecular Hbond substituents is 1. The topological polar surface area (TPSA) is 92.7 Å². The molecule has 0 fully saturated rings. The zero-order valence-corrected chi connectivity index (χ0v) is 18.5. The van der Waals surface area contributed by atoms with Crippen LogP contribution in [0.1, 0.15) is 35.6 Å². The van der Waals surface area contributed by atoms with Crippen LogP contribution < -0.4 is 9.46 Å². The van der Waals surface area contributed by atoms with Gasteiger partial charge in [0.1, 0.15) is 11.5 Å². The monoisotopic (exact) mass is 467 g/mol. The molecule has 0 aliphatic carbocycles. The van der Waals surface area contributed by atoms with Crippen LogP contribution in [0.3, 0.4) is 0 Å². The van der Waals surface area contributed by atoms with Crippen LogP contribution in [0, 0.1) is 20.8 Å². The third-order valence-corrected chi connectivity index (χ3v) is 7.23. The van der Waals surface area contributed by atoms with E-state index in [1.807, 2.05) is 13.8 Å². The largest absolute Gasteiger partial charge is 0.507 e. The molecule has 0 saturated heterocycles. The minimum atomic E-state index is -4.01. The summed E-state index contributed by atoms with van der Waals surface area (Å²) < 4.78 is 34.0. The zero-order valence-electron chi connectivity index (χ0n) is 16.1. The van der Waals surface area contributed by atoms with E-state index in [0.29, 0.717) is 24.2 Å². The number of rotatable bonds is 3. The van der Waals surface area contributed by atoms with Gasteiger partial charge >= 0.3 is 0 Å². The average Bonchev–Trinajstić information content (AvgIpc) is 2.64. The van der Waals surface area contributed by atoms with Gasteiger partial charge in [0, 0.05) is 16.5 Å². The summed E-state index contributed by atoms with van der Waals surface area (Å²) in [4.78, 5) is 12.9. The van der Waals surface area contributed by atoms with Gasteiger partial charge in [0.05, 0.1) is 4.90 Å². The second-order valence-electron chi connectivity index (χ2n) is 7.25. The fourth-order valence-corrected chi connectivity index (χ4v) is 4.65. The van der Waals surface area contributed by atoms with Crippen molar-refractivity contribution in [3.63, 3.8) is 0 Å². The maximum Gasteiger partial charge on any atom is 0.277 e. The highest BCUT2D eigenvalue weighted by Crippen LogP contribution is 2.43. The quantitative estimate of drug-likeness (QED) is 0.717. The summed E-state index contributed by atoms with van der Waals surface area (Å²) >= 11 is 3.25. The molecule has 0 saturated carbocycles. The van der Waals surface area contributed by atoms with Crippen molar-refractivity contribution in [3.8, 4) is 11.5 Å². The van der Waals surface area contributed by atoms with Gasteiger partial charge in [-0.3, -0.25) is 4.79 Å². The average molecular weight is 468 g/mol. The van der Waals surface area contributed by atoms with Gasteiger partial charge in [-0.25, -0.2) is 13.1 Å². The third-order valence-electron chi connectivity index (χ3n) is 5.35. The zero-order chi connectivity index (χ0) is 20.9. The predicted octanol–water partition coefficient (Wildman–Crippen LogP) is 3.67. The Bertz CT molecular complexity index is 1060. The first kappa shape index (κ1) is 20.7. The number of carbonyl (C=O) groups is 1. The summed E-state index contributed by atoms with van der Waals surface area (Å²) in [6.07, 6.45) is 0.794. The molecule has 1 unspecified atom stereocenters. The Labute approximate surface area is 173 Å². The lowest BCUT2D eigenvalue weighted by Gasteiger charge is -2.36. The van der Waals surface area contributed by atoms with Crippen molar-refractivity contribution >= 4 is 31.9 Å². The van der Waals surface area contributed by atoms with Crippen LogP contribution in [0.4, 0.5) is 0 Å². The van der Waals surface area contributed by atoms with Gasteiger partial charge < -0.3 is 9.84 Å². The van der Waals surface area contributed by atoms with E-state index in [4.69, 9.17) is 4.74 Å². The molecule has 2 aromatic rings. The summed E-state index contributed by atoms with van der Waals surface area (Å²) in [6.45, 7) is 6.99. The van der Waals surface area contributed by atoms with Crippen molar-refractivity contribution < 1.29 is 23.1 Å². The van der Waals surface area contributed by atoms with Gasteiger partial charge in [-0.05, 0) is 75.1 Å². The number of halogens is 1. The molecule has 1 aliphatic rings. The summed E-state index contributed by atoms with van der Waals surface area (Å²) in [5, 5.41) is 10.3. The smallest absolute Gasteiger partial charge is 0.277 e. The molecule has 0 radical (unpaired) electrons. The number of carbonyl (C=O) groups excluding carboxylic acids is 1. The molecule has 2 N–H and O–H groups in total. The molecule has 0 bridgehead atoms. The second-order valence-corrected chi connectivity index (χ2v) is 9.85. The second kappa shape index (κ2) is 7.08. The summed E-state index contributed by atoms with van der Waals surface area (Å²) in [5.74, 6) is 0.0484. The van der Waals surface area contributed by atoms with Gasteiger partial charge in [-0.15, -0.1) is 0 Å². The first-order chi connectivity index (χ1) is 13.0. The normalized spacial score (nSPS) is 18.9. The highest BCUT2D eigenvalue weighted by molar-refractivity contribution is 9.10. The Morgan fingerprint density at radius 2 is 1.75 bits per heavy atom. The summed E-state index contributed by atoms with van der Waals surface area (Å²) in [6, 6.07) is 6.02. The van der Waals surface area contributed by atoms with Crippen LogP contribution in [0.2, 0.25) is 0 Å². The van der Waals surface area contributed by atoms with Crippen LogP contribution in [0.15, 0.2) is 33.6 Å². The lowest BCUT2D eigenvalue weighted by atomic mass is 9.87. The fourth-order valence-electron chi connectivity index (χ4n) is 3.31. The van der Waals surface area contributed by atoms with Gasteiger partial charge in [0.2, 0.25) is 0 Å². The third kappa shape index (κ3) is 3.51. The summed E-state index contributed by atoms with van der Waals surface area (Å²) in [7, 11) is -4.01. The van der Waals surface area contributed by atoms with E-state index in [1.54, 1.807) is 26.0 Å². The van der Waals surface area contributed by atoms with Crippen molar-refractivity contribution in [3.05, 3.63) is 51.0 Å². The number of aromatic hydroxyl groups is 1. The molecule has 0 aromatic heterocycles. The molecule has 6 nitrogen and oxygen atoms in total. The van der Waals surface area contributed by atoms with Gasteiger partial charge in [-0.1, -0.05) is 15.9 Å². The molecule has 1 heterocycles. The molecular weight excluding hydrogens is 446 g/mol. The predicted molar refractivity (Wildman–Crippen MR) is 109 cm³/mol. The number of fused-ring (bicyclic) bond motifs is 1. The molecule has 1 aliphatic heterocycles. The van der Waals surface area contributed by atoms with Crippen LogP contribution in [-0.2, 0) is 21.2 Å². The molecule has 2 aromatic carbocycles. The van der Waals surface area contributed by atoms with E-state index in [-0.39, 0.29) is 10.6 Å². The lowest BCUT2D eigenvalue weighted by molar-refractivity contribution is -0.134. The number of ether oxygens (including phenoxy) is 1. The van der Waals surface area contributed by atoms with Crippen LogP contribution in [0.5, 0.6) is 11.5 Å². The van der Waals surface area contributed by atoms with E-state index in [1.165, 1.54) is 12.1 Å². The van der Waals surface area contributed by atoms with E-state index < -0.39 is 21.5 Å². The maximum atomic E-state index is 12.9. The number of nitrogens with one attached hydrogen (secondary N) is 1.